The first-order valence-corrected chi connectivity index (χ1v) is 9.58. The van der Waals surface area contributed by atoms with Crippen LogP contribution in [-0.2, 0) is 17.9 Å². The number of benzene rings is 1. The van der Waals surface area contributed by atoms with E-state index in [-0.39, 0.29) is 5.91 Å². The van der Waals surface area contributed by atoms with Crippen LogP contribution in [0.15, 0.2) is 36.5 Å². The molecule has 7 heteroatoms. The average Bonchev–Trinajstić information content (AvgIpc) is 3.24. The fourth-order valence-electron chi connectivity index (χ4n) is 3.17. The number of carbonyl (C=O) groups is 1. The Morgan fingerprint density at radius 3 is 2.63 bits per heavy atom. The number of anilines is 1. The standard InChI is InChI=1S/C20H28N6O/c1-4-24(5-2)14-15-26-18-9-7-6-8-17(18)21-20(26)22-19(27)11-13-25-12-10-16(3)23-25/h6-10,12H,4-5,11,13-15H2,1-3H3,(H,21,22,27). The summed E-state index contributed by atoms with van der Waals surface area (Å²) in [4.78, 5) is 19.4. The second-order valence-electron chi connectivity index (χ2n) is 6.62. The molecule has 1 aromatic carbocycles. The lowest BCUT2D eigenvalue weighted by Crippen LogP contribution is -2.27. The summed E-state index contributed by atoms with van der Waals surface area (Å²) in [6, 6.07) is 9.93. The highest BCUT2D eigenvalue weighted by atomic mass is 16.1. The van der Waals surface area contributed by atoms with Crippen LogP contribution in [0.1, 0.15) is 26.0 Å². The molecule has 0 aliphatic carbocycles. The zero-order chi connectivity index (χ0) is 19.2. The second kappa shape index (κ2) is 8.81. The number of para-hydroxylation sites is 2. The lowest BCUT2D eigenvalue weighted by molar-refractivity contribution is -0.116. The number of nitrogens with one attached hydrogen (secondary N) is 1. The number of rotatable bonds is 9. The number of aryl methyl sites for hydroxylation is 2. The Labute approximate surface area is 160 Å². The highest BCUT2D eigenvalue weighted by Gasteiger charge is 2.14. The van der Waals surface area contributed by atoms with Gasteiger partial charge in [0.15, 0.2) is 0 Å². The predicted octanol–water partition coefficient (Wildman–Crippen LogP) is 2.91. The molecule has 0 saturated heterocycles. The molecule has 0 atom stereocenters. The molecule has 0 saturated carbocycles. The molecule has 1 N–H and O–H groups in total. The fourth-order valence-corrected chi connectivity index (χ4v) is 3.17. The second-order valence-corrected chi connectivity index (χ2v) is 6.62. The van der Waals surface area contributed by atoms with Gasteiger partial charge >= 0.3 is 0 Å². The van der Waals surface area contributed by atoms with E-state index in [4.69, 9.17) is 0 Å². The zero-order valence-electron chi connectivity index (χ0n) is 16.4. The molecule has 0 aliphatic heterocycles. The normalized spacial score (nSPS) is 11.4. The van der Waals surface area contributed by atoms with Gasteiger partial charge in [-0.1, -0.05) is 26.0 Å². The molecule has 2 heterocycles. The topological polar surface area (TPSA) is 68.0 Å². The molecule has 0 bridgehead atoms. The van der Waals surface area contributed by atoms with Crippen molar-refractivity contribution in [3.8, 4) is 0 Å². The summed E-state index contributed by atoms with van der Waals surface area (Å²) < 4.78 is 3.89. The van der Waals surface area contributed by atoms with E-state index in [1.54, 1.807) is 4.68 Å². The lowest BCUT2D eigenvalue weighted by Gasteiger charge is -2.19. The first-order chi connectivity index (χ1) is 13.1. The molecule has 1 amide bonds. The number of likely N-dealkylation sites (N-methyl/N-ethyl adjacent to an activating group) is 1. The number of carbonyl (C=O) groups excluding carboxylic acids is 1. The minimum atomic E-state index is -0.0532. The molecule has 144 valence electrons. The molecular formula is C20H28N6O. The summed E-state index contributed by atoms with van der Waals surface area (Å²) in [5.74, 6) is 0.563. The van der Waals surface area contributed by atoms with Crippen LogP contribution in [0.3, 0.4) is 0 Å². The highest BCUT2D eigenvalue weighted by molar-refractivity contribution is 5.91. The Hall–Kier alpha value is -2.67. The molecule has 0 spiro atoms. The quantitative estimate of drug-likeness (QED) is 0.631. The van der Waals surface area contributed by atoms with Crippen LogP contribution in [0.5, 0.6) is 0 Å². The van der Waals surface area contributed by atoms with Crippen molar-refractivity contribution in [2.45, 2.75) is 40.3 Å². The summed E-state index contributed by atoms with van der Waals surface area (Å²) in [5, 5.41) is 7.31. The number of imidazole rings is 1. The first-order valence-electron chi connectivity index (χ1n) is 9.58. The minimum absolute atomic E-state index is 0.0532. The van der Waals surface area contributed by atoms with E-state index in [1.165, 1.54) is 0 Å². The molecule has 0 radical (unpaired) electrons. The van der Waals surface area contributed by atoms with Gasteiger partial charge in [-0.15, -0.1) is 0 Å². The Morgan fingerprint density at radius 2 is 1.93 bits per heavy atom. The van der Waals surface area contributed by atoms with Crippen molar-refractivity contribution in [2.75, 3.05) is 25.0 Å². The largest absolute Gasteiger partial charge is 0.309 e. The van der Waals surface area contributed by atoms with E-state index >= 15 is 0 Å². The van der Waals surface area contributed by atoms with Crippen molar-refractivity contribution < 1.29 is 4.79 Å². The molecule has 3 rings (SSSR count). The number of hydrogen-bond donors (Lipinski definition) is 1. The van der Waals surface area contributed by atoms with Crippen LogP contribution in [0, 0.1) is 6.92 Å². The summed E-state index contributed by atoms with van der Waals surface area (Å²) >= 11 is 0. The molecule has 2 aromatic heterocycles. The molecule has 7 nitrogen and oxygen atoms in total. The molecular weight excluding hydrogens is 340 g/mol. The average molecular weight is 368 g/mol. The van der Waals surface area contributed by atoms with Crippen LogP contribution in [0.2, 0.25) is 0 Å². The van der Waals surface area contributed by atoms with Gasteiger partial charge in [0.1, 0.15) is 0 Å². The van der Waals surface area contributed by atoms with Crippen molar-refractivity contribution in [1.82, 2.24) is 24.2 Å². The molecule has 0 fully saturated rings. The van der Waals surface area contributed by atoms with Crippen LogP contribution >= 0.6 is 0 Å². The maximum atomic E-state index is 12.5. The van der Waals surface area contributed by atoms with Crippen molar-refractivity contribution in [3.05, 3.63) is 42.2 Å². The molecule has 0 unspecified atom stereocenters. The number of hydrogen-bond acceptors (Lipinski definition) is 4. The Bertz CT molecular complexity index is 893. The van der Waals surface area contributed by atoms with Crippen LogP contribution in [0.25, 0.3) is 11.0 Å². The predicted molar refractivity (Wildman–Crippen MR) is 108 cm³/mol. The Kier molecular flexibility index (Phi) is 6.24. The number of amides is 1. The highest BCUT2D eigenvalue weighted by Crippen LogP contribution is 2.20. The van der Waals surface area contributed by atoms with E-state index in [2.05, 4.69) is 38.7 Å². The van der Waals surface area contributed by atoms with Crippen molar-refractivity contribution >= 4 is 22.9 Å². The van der Waals surface area contributed by atoms with Crippen LogP contribution in [0.4, 0.5) is 5.95 Å². The molecule has 27 heavy (non-hydrogen) atoms. The van der Waals surface area contributed by atoms with Crippen molar-refractivity contribution in [2.24, 2.45) is 0 Å². The number of fused-ring (bicyclic) bond motifs is 1. The third-order valence-corrected chi connectivity index (χ3v) is 4.78. The third kappa shape index (κ3) is 4.74. The number of nitrogens with zero attached hydrogens (tertiary/aromatic N) is 5. The van der Waals surface area contributed by atoms with E-state index < -0.39 is 0 Å². The smallest absolute Gasteiger partial charge is 0.228 e. The molecule has 3 aromatic rings. The van der Waals surface area contributed by atoms with Gasteiger partial charge in [0.25, 0.3) is 0 Å². The van der Waals surface area contributed by atoms with E-state index in [0.29, 0.717) is 18.9 Å². The van der Waals surface area contributed by atoms with Gasteiger partial charge in [0.2, 0.25) is 11.9 Å². The van der Waals surface area contributed by atoms with E-state index in [1.807, 2.05) is 43.5 Å². The van der Waals surface area contributed by atoms with Gasteiger partial charge in [0, 0.05) is 32.3 Å². The summed E-state index contributed by atoms with van der Waals surface area (Å²) in [6.07, 6.45) is 2.25. The van der Waals surface area contributed by atoms with Gasteiger partial charge in [-0.2, -0.15) is 5.10 Å². The summed E-state index contributed by atoms with van der Waals surface area (Å²) in [6.45, 7) is 10.5. The fraction of sp³-hybridized carbons (Fsp3) is 0.450. The van der Waals surface area contributed by atoms with Crippen LogP contribution in [-0.4, -0.2) is 49.8 Å². The Morgan fingerprint density at radius 1 is 1.15 bits per heavy atom. The summed E-state index contributed by atoms with van der Waals surface area (Å²) in [5.41, 5.74) is 2.89. The van der Waals surface area contributed by atoms with Gasteiger partial charge in [-0.25, -0.2) is 4.98 Å². The Balaban J connectivity index is 1.72. The van der Waals surface area contributed by atoms with Gasteiger partial charge in [0.05, 0.1) is 16.7 Å². The maximum Gasteiger partial charge on any atom is 0.228 e. The minimum Gasteiger partial charge on any atom is -0.309 e. The third-order valence-electron chi connectivity index (χ3n) is 4.78. The first kappa shape index (κ1) is 19.1. The lowest BCUT2D eigenvalue weighted by atomic mass is 10.3. The summed E-state index contributed by atoms with van der Waals surface area (Å²) in [7, 11) is 0. The van der Waals surface area contributed by atoms with Gasteiger partial charge in [-0.05, 0) is 38.2 Å². The molecule has 0 aliphatic rings. The monoisotopic (exact) mass is 368 g/mol. The van der Waals surface area contributed by atoms with Crippen LogP contribution < -0.4 is 5.32 Å². The van der Waals surface area contributed by atoms with Gasteiger partial charge in [-0.3, -0.25) is 14.8 Å². The van der Waals surface area contributed by atoms with E-state index in [9.17, 15) is 4.79 Å². The van der Waals surface area contributed by atoms with E-state index in [0.717, 1.165) is 42.9 Å². The van der Waals surface area contributed by atoms with Crippen molar-refractivity contribution in [1.29, 1.82) is 0 Å². The van der Waals surface area contributed by atoms with Crippen molar-refractivity contribution in [3.63, 3.8) is 0 Å². The SMILES string of the molecule is CCN(CC)CCn1c(NC(=O)CCn2ccc(C)n2)nc2ccccc21. The zero-order valence-corrected chi connectivity index (χ0v) is 16.4. The van der Waals surface area contributed by atoms with Gasteiger partial charge < -0.3 is 9.47 Å². The maximum absolute atomic E-state index is 12.5. The number of aromatic nitrogens is 4.